The van der Waals surface area contributed by atoms with Gasteiger partial charge in [-0.15, -0.1) is 5.10 Å². The highest BCUT2D eigenvalue weighted by atomic mass is 79.9. The molecule has 1 heterocycles. The lowest BCUT2D eigenvalue weighted by atomic mass is 10.1. The van der Waals surface area contributed by atoms with E-state index in [-0.39, 0.29) is 12.3 Å². The van der Waals surface area contributed by atoms with Crippen LogP contribution in [0.15, 0.2) is 33.7 Å². The molecule has 5 nitrogen and oxygen atoms in total. The molecule has 18 heavy (non-hydrogen) atoms. The summed E-state index contributed by atoms with van der Waals surface area (Å²) >= 11 is 6.33. The molecule has 1 aromatic carbocycles. The number of carbonyl (C=O) groups is 1. The van der Waals surface area contributed by atoms with Crippen LogP contribution in [0.2, 0.25) is 0 Å². The van der Waals surface area contributed by atoms with E-state index < -0.39 is 0 Å². The second-order valence-corrected chi connectivity index (χ2v) is 4.84. The number of nitriles is 1. The summed E-state index contributed by atoms with van der Waals surface area (Å²) in [7, 11) is 0. The van der Waals surface area contributed by atoms with Crippen molar-refractivity contribution in [2.75, 3.05) is 0 Å². The Labute approximate surface area is 120 Å². The third-order valence-electron chi connectivity index (χ3n) is 2.23. The van der Waals surface area contributed by atoms with Gasteiger partial charge in [0.2, 0.25) is 4.73 Å². The topological polar surface area (TPSA) is 71.6 Å². The summed E-state index contributed by atoms with van der Waals surface area (Å²) in [5.41, 5.74) is 1.06. The maximum atomic E-state index is 12.0. The molecule has 0 unspecified atom stereocenters. The number of nitrogens with zero attached hydrogens (tertiary/aromatic N) is 4. The molecule has 7 heteroatoms. The second-order valence-electron chi connectivity index (χ2n) is 3.42. The van der Waals surface area contributed by atoms with Crippen molar-refractivity contribution in [3.05, 3.63) is 44.9 Å². The van der Waals surface area contributed by atoms with E-state index in [1.165, 1.54) is 4.68 Å². The lowest BCUT2D eigenvalue weighted by molar-refractivity contribution is 0.0966. The summed E-state index contributed by atoms with van der Waals surface area (Å²) in [6.45, 7) is 0.0884. The highest BCUT2D eigenvalue weighted by Crippen LogP contribution is 2.12. The smallest absolute Gasteiger partial charge is 0.218 e. The molecule has 0 saturated carbocycles. The molecule has 1 aromatic heterocycles. The molecule has 0 radical (unpaired) electrons. The summed E-state index contributed by atoms with van der Waals surface area (Å²) in [4.78, 5) is 15.9. The van der Waals surface area contributed by atoms with Gasteiger partial charge in [0, 0.05) is 5.56 Å². The standard InChI is InChI=1S/C11H6Br2N4O/c12-10-15-11(13)17(16-10)6-9(18)8-3-1-7(5-14)2-4-8/h1-4H,6H2. The van der Waals surface area contributed by atoms with Gasteiger partial charge < -0.3 is 0 Å². The Balaban J connectivity index is 2.17. The Morgan fingerprint density at radius 3 is 2.50 bits per heavy atom. The molecule has 90 valence electrons. The monoisotopic (exact) mass is 368 g/mol. The van der Waals surface area contributed by atoms with E-state index in [2.05, 4.69) is 41.9 Å². The Hall–Kier alpha value is -1.52. The first-order valence-electron chi connectivity index (χ1n) is 4.89. The van der Waals surface area contributed by atoms with E-state index in [1.807, 2.05) is 6.07 Å². The van der Waals surface area contributed by atoms with Gasteiger partial charge in [0.25, 0.3) is 0 Å². The van der Waals surface area contributed by atoms with Gasteiger partial charge >= 0.3 is 0 Å². The van der Waals surface area contributed by atoms with Crippen LogP contribution in [-0.4, -0.2) is 20.5 Å². The molecule has 0 bridgehead atoms. The van der Waals surface area contributed by atoms with E-state index in [0.717, 1.165) is 0 Å². The molecule has 0 atom stereocenters. The Bertz CT molecular complexity index is 627. The molecule has 0 saturated heterocycles. The number of Topliss-reactive ketones (excluding diaryl/α,β-unsaturated/α-hetero) is 1. The van der Waals surface area contributed by atoms with Crippen LogP contribution in [0.4, 0.5) is 0 Å². The predicted molar refractivity (Wildman–Crippen MR) is 70.9 cm³/mol. The quantitative estimate of drug-likeness (QED) is 0.779. The van der Waals surface area contributed by atoms with Crippen LogP contribution < -0.4 is 0 Å². The normalized spacial score (nSPS) is 10.1. The first-order valence-corrected chi connectivity index (χ1v) is 6.48. The summed E-state index contributed by atoms with van der Waals surface area (Å²) < 4.78 is 2.35. The number of hydrogen-bond acceptors (Lipinski definition) is 4. The largest absolute Gasteiger partial charge is 0.292 e. The van der Waals surface area contributed by atoms with E-state index in [0.29, 0.717) is 20.6 Å². The zero-order valence-electron chi connectivity index (χ0n) is 8.97. The molecule has 0 spiro atoms. The molecule has 0 aliphatic heterocycles. The van der Waals surface area contributed by atoms with Crippen molar-refractivity contribution >= 4 is 37.6 Å². The minimum absolute atomic E-state index is 0.0884. The zero-order valence-corrected chi connectivity index (χ0v) is 12.1. The zero-order chi connectivity index (χ0) is 13.1. The van der Waals surface area contributed by atoms with Crippen LogP contribution in [0.3, 0.4) is 0 Å². The van der Waals surface area contributed by atoms with Crippen molar-refractivity contribution in [3.63, 3.8) is 0 Å². The highest BCUT2D eigenvalue weighted by Gasteiger charge is 2.11. The van der Waals surface area contributed by atoms with E-state index in [9.17, 15) is 4.79 Å². The van der Waals surface area contributed by atoms with Crippen molar-refractivity contribution in [1.82, 2.24) is 14.8 Å². The number of benzene rings is 1. The summed E-state index contributed by atoms with van der Waals surface area (Å²) in [6, 6.07) is 8.48. The Morgan fingerprint density at radius 2 is 2.00 bits per heavy atom. The number of aromatic nitrogens is 3. The fraction of sp³-hybridized carbons (Fsp3) is 0.0909. The van der Waals surface area contributed by atoms with E-state index >= 15 is 0 Å². The predicted octanol–water partition coefficient (Wildman–Crippen LogP) is 2.56. The molecule has 0 aliphatic carbocycles. The minimum atomic E-state index is -0.0995. The summed E-state index contributed by atoms with van der Waals surface area (Å²) in [6.07, 6.45) is 0. The average molecular weight is 370 g/mol. The van der Waals surface area contributed by atoms with Crippen LogP contribution >= 0.6 is 31.9 Å². The molecule has 0 aliphatic rings. The van der Waals surface area contributed by atoms with Gasteiger partial charge in [0.05, 0.1) is 11.6 Å². The Kier molecular flexibility index (Phi) is 3.89. The second kappa shape index (κ2) is 5.42. The number of rotatable bonds is 3. The summed E-state index contributed by atoms with van der Waals surface area (Å²) in [5, 5.41) is 12.7. The lowest BCUT2D eigenvalue weighted by Crippen LogP contribution is -2.12. The van der Waals surface area contributed by atoms with Crippen molar-refractivity contribution in [3.8, 4) is 6.07 Å². The van der Waals surface area contributed by atoms with Gasteiger partial charge in [-0.05, 0) is 44.0 Å². The molecule has 0 N–H and O–H groups in total. The molecule has 0 amide bonds. The fourth-order valence-corrected chi connectivity index (χ4v) is 2.33. The van der Waals surface area contributed by atoms with Crippen LogP contribution in [0.5, 0.6) is 0 Å². The van der Waals surface area contributed by atoms with Crippen LogP contribution in [0.25, 0.3) is 0 Å². The van der Waals surface area contributed by atoms with Crippen molar-refractivity contribution in [2.45, 2.75) is 6.54 Å². The SMILES string of the molecule is N#Cc1ccc(C(=O)Cn2nc(Br)nc2Br)cc1. The summed E-state index contributed by atoms with van der Waals surface area (Å²) in [5.74, 6) is -0.0995. The first kappa shape index (κ1) is 12.9. The van der Waals surface area contributed by atoms with E-state index in [4.69, 9.17) is 5.26 Å². The third kappa shape index (κ3) is 2.83. The lowest BCUT2D eigenvalue weighted by Gasteiger charge is -2.02. The van der Waals surface area contributed by atoms with Gasteiger partial charge in [0.15, 0.2) is 10.5 Å². The maximum absolute atomic E-state index is 12.0. The minimum Gasteiger partial charge on any atom is -0.292 e. The van der Waals surface area contributed by atoms with Crippen LogP contribution in [-0.2, 0) is 6.54 Å². The van der Waals surface area contributed by atoms with Gasteiger partial charge in [-0.1, -0.05) is 12.1 Å². The highest BCUT2D eigenvalue weighted by molar-refractivity contribution is 9.11. The fourth-order valence-electron chi connectivity index (χ4n) is 1.36. The van der Waals surface area contributed by atoms with Crippen LogP contribution in [0.1, 0.15) is 15.9 Å². The number of ketones is 1. The molecule has 2 aromatic rings. The van der Waals surface area contributed by atoms with Gasteiger partial charge in [-0.3, -0.25) is 4.79 Å². The number of hydrogen-bond donors (Lipinski definition) is 0. The third-order valence-corrected chi connectivity index (χ3v) is 3.15. The van der Waals surface area contributed by atoms with Crippen molar-refractivity contribution in [1.29, 1.82) is 5.26 Å². The molecular formula is C11H6Br2N4O. The van der Waals surface area contributed by atoms with Crippen molar-refractivity contribution < 1.29 is 4.79 Å². The van der Waals surface area contributed by atoms with E-state index in [1.54, 1.807) is 24.3 Å². The molecule has 0 fully saturated rings. The van der Waals surface area contributed by atoms with Gasteiger partial charge in [0.1, 0.15) is 6.54 Å². The Morgan fingerprint density at radius 1 is 1.33 bits per heavy atom. The maximum Gasteiger partial charge on any atom is 0.218 e. The van der Waals surface area contributed by atoms with Crippen LogP contribution in [0, 0.1) is 11.3 Å². The number of carbonyl (C=O) groups excluding carboxylic acids is 1. The molecule has 2 rings (SSSR count). The van der Waals surface area contributed by atoms with Gasteiger partial charge in [-0.25, -0.2) is 4.68 Å². The van der Waals surface area contributed by atoms with Gasteiger partial charge in [-0.2, -0.15) is 10.2 Å². The van der Waals surface area contributed by atoms with Crippen molar-refractivity contribution in [2.24, 2.45) is 0 Å². The first-order chi connectivity index (χ1) is 8.60. The number of halogens is 2. The molecular weight excluding hydrogens is 364 g/mol. The average Bonchev–Trinajstić information content (AvgIpc) is 2.68.